The number of anilines is 1. The normalized spacial score (nSPS) is 10.8. The first-order chi connectivity index (χ1) is 9.65. The molecular formula is C14H11BrN4O. The molecule has 6 heteroatoms. The van der Waals surface area contributed by atoms with E-state index in [2.05, 4.69) is 25.9 Å². The maximum Gasteiger partial charge on any atom is 0.267 e. The minimum atomic E-state index is -0.146. The molecule has 100 valence electrons. The van der Waals surface area contributed by atoms with Crippen LogP contribution in [0.4, 0.5) is 5.82 Å². The molecule has 0 bridgehead atoms. The van der Waals surface area contributed by atoms with Crippen LogP contribution in [0, 0.1) is 0 Å². The van der Waals surface area contributed by atoms with Crippen LogP contribution in [0.25, 0.3) is 10.9 Å². The first-order valence-corrected chi connectivity index (χ1v) is 6.78. The van der Waals surface area contributed by atoms with Crippen molar-refractivity contribution in [2.75, 3.05) is 5.73 Å². The molecule has 3 aromatic rings. The maximum atomic E-state index is 12.0. The number of pyridine rings is 1. The Labute approximate surface area is 123 Å². The van der Waals surface area contributed by atoms with Gasteiger partial charge in [0.2, 0.25) is 0 Å². The third kappa shape index (κ3) is 2.30. The highest BCUT2D eigenvalue weighted by atomic mass is 79.9. The van der Waals surface area contributed by atoms with E-state index >= 15 is 0 Å². The fourth-order valence-electron chi connectivity index (χ4n) is 2.02. The van der Waals surface area contributed by atoms with Gasteiger partial charge in [0.25, 0.3) is 5.56 Å². The summed E-state index contributed by atoms with van der Waals surface area (Å²) in [5, 5.41) is 0.993. The molecule has 0 fully saturated rings. The van der Waals surface area contributed by atoms with Crippen LogP contribution in [0.3, 0.4) is 0 Å². The molecule has 0 atom stereocenters. The monoisotopic (exact) mass is 330 g/mol. The number of nitrogens with zero attached hydrogens (tertiary/aromatic N) is 3. The topological polar surface area (TPSA) is 73.8 Å². The lowest BCUT2D eigenvalue weighted by Crippen LogP contribution is -2.21. The zero-order valence-corrected chi connectivity index (χ0v) is 12.0. The first-order valence-electron chi connectivity index (χ1n) is 5.99. The minimum absolute atomic E-state index is 0.146. The molecule has 5 nitrogen and oxygen atoms in total. The van der Waals surface area contributed by atoms with E-state index in [9.17, 15) is 4.79 Å². The van der Waals surface area contributed by atoms with Crippen molar-refractivity contribution in [1.29, 1.82) is 0 Å². The summed E-state index contributed by atoms with van der Waals surface area (Å²) in [7, 11) is 0. The van der Waals surface area contributed by atoms with Crippen molar-refractivity contribution in [1.82, 2.24) is 14.5 Å². The molecule has 2 heterocycles. The highest BCUT2D eigenvalue weighted by Gasteiger charge is 2.07. The Hall–Kier alpha value is -2.21. The quantitative estimate of drug-likeness (QED) is 0.781. The van der Waals surface area contributed by atoms with Crippen LogP contribution in [0.5, 0.6) is 0 Å². The van der Waals surface area contributed by atoms with Crippen molar-refractivity contribution in [2.45, 2.75) is 6.54 Å². The number of aromatic nitrogens is 3. The van der Waals surface area contributed by atoms with Gasteiger partial charge in [-0.25, -0.2) is 9.97 Å². The van der Waals surface area contributed by atoms with Crippen LogP contribution in [0.2, 0.25) is 0 Å². The fraction of sp³-hybridized carbons (Fsp3) is 0.0714. The zero-order valence-electron chi connectivity index (χ0n) is 10.5. The molecule has 0 aliphatic carbocycles. The molecule has 20 heavy (non-hydrogen) atoms. The van der Waals surface area contributed by atoms with Gasteiger partial charge in [0.05, 0.1) is 18.4 Å². The maximum absolute atomic E-state index is 12.0. The summed E-state index contributed by atoms with van der Waals surface area (Å²) in [6, 6.07) is 9.68. The van der Waals surface area contributed by atoms with Gasteiger partial charge in [-0.2, -0.15) is 0 Å². The van der Waals surface area contributed by atoms with Gasteiger partial charge < -0.3 is 5.73 Å². The Bertz CT molecular complexity index is 844. The summed E-state index contributed by atoms with van der Waals surface area (Å²) < 4.78 is 1.92. The van der Waals surface area contributed by atoms with E-state index in [1.54, 1.807) is 0 Å². The van der Waals surface area contributed by atoms with Gasteiger partial charge in [-0.05, 0) is 28.1 Å². The van der Waals surface area contributed by atoms with Gasteiger partial charge in [-0.3, -0.25) is 9.36 Å². The van der Waals surface area contributed by atoms with Crippen LogP contribution in [0.15, 0.2) is 52.1 Å². The molecule has 3 rings (SSSR count). The lowest BCUT2D eigenvalue weighted by molar-refractivity contribution is 0.731. The average Bonchev–Trinajstić information content (AvgIpc) is 2.44. The first kappa shape index (κ1) is 12.8. The van der Waals surface area contributed by atoms with E-state index in [0.717, 1.165) is 16.5 Å². The lowest BCUT2D eigenvalue weighted by atomic mass is 10.1. The number of rotatable bonds is 2. The van der Waals surface area contributed by atoms with Crippen LogP contribution in [-0.4, -0.2) is 14.5 Å². The van der Waals surface area contributed by atoms with Crippen molar-refractivity contribution in [2.24, 2.45) is 0 Å². The standard InChI is InChI=1S/C14H11BrN4O/c15-11-6-17-8-19(14(11)20)7-10-5-9-3-1-2-4-12(9)18-13(10)16/h1-6,8H,7H2,(H2,16,18). The molecule has 0 unspecified atom stereocenters. The molecule has 2 aromatic heterocycles. The fourth-order valence-corrected chi connectivity index (χ4v) is 2.37. The summed E-state index contributed by atoms with van der Waals surface area (Å²) in [5.74, 6) is 0.426. The summed E-state index contributed by atoms with van der Waals surface area (Å²) in [5.41, 5.74) is 7.46. The van der Waals surface area contributed by atoms with Gasteiger partial charge in [-0.1, -0.05) is 18.2 Å². The van der Waals surface area contributed by atoms with Crippen LogP contribution in [0.1, 0.15) is 5.56 Å². The molecular weight excluding hydrogens is 320 g/mol. The van der Waals surface area contributed by atoms with Crippen molar-refractivity contribution in [3.63, 3.8) is 0 Å². The Kier molecular flexibility index (Phi) is 3.23. The Morgan fingerprint density at radius 3 is 2.95 bits per heavy atom. The largest absolute Gasteiger partial charge is 0.383 e. The number of benzene rings is 1. The number of hydrogen-bond acceptors (Lipinski definition) is 4. The molecule has 0 aliphatic heterocycles. The number of para-hydroxylation sites is 1. The Morgan fingerprint density at radius 1 is 1.30 bits per heavy atom. The van der Waals surface area contributed by atoms with Crippen molar-refractivity contribution in [3.8, 4) is 0 Å². The van der Waals surface area contributed by atoms with Gasteiger partial charge in [0.15, 0.2) is 0 Å². The second kappa shape index (κ2) is 5.05. The molecule has 0 saturated heterocycles. The highest BCUT2D eigenvalue weighted by molar-refractivity contribution is 9.10. The minimum Gasteiger partial charge on any atom is -0.383 e. The number of nitrogens with two attached hydrogens (primary N) is 1. The Morgan fingerprint density at radius 2 is 2.10 bits per heavy atom. The molecule has 0 aliphatic rings. The zero-order chi connectivity index (χ0) is 14.1. The molecule has 0 radical (unpaired) electrons. The van der Waals surface area contributed by atoms with Gasteiger partial charge in [-0.15, -0.1) is 0 Å². The van der Waals surface area contributed by atoms with Gasteiger partial charge >= 0.3 is 0 Å². The summed E-state index contributed by atoms with van der Waals surface area (Å²) in [6.45, 7) is 0.342. The molecule has 1 aromatic carbocycles. The third-order valence-electron chi connectivity index (χ3n) is 3.04. The summed E-state index contributed by atoms with van der Waals surface area (Å²) in [6.07, 6.45) is 2.96. The van der Waals surface area contributed by atoms with Crippen LogP contribution >= 0.6 is 15.9 Å². The smallest absolute Gasteiger partial charge is 0.267 e. The second-order valence-electron chi connectivity index (χ2n) is 4.40. The molecule has 2 N–H and O–H groups in total. The van der Waals surface area contributed by atoms with Crippen molar-refractivity contribution >= 4 is 32.7 Å². The van der Waals surface area contributed by atoms with E-state index in [-0.39, 0.29) is 5.56 Å². The van der Waals surface area contributed by atoms with E-state index in [0.29, 0.717) is 16.8 Å². The number of fused-ring (bicyclic) bond motifs is 1. The van der Waals surface area contributed by atoms with Gasteiger partial charge in [0, 0.05) is 17.1 Å². The highest BCUT2D eigenvalue weighted by Crippen LogP contribution is 2.18. The summed E-state index contributed by atoms with van der Waals surface area (Å²) >= 11 is 3.17. The van der Waals surface area contributed by atoms with E-state index < -0.39 is 0 Å². The predicted octanol–water partition coefficient (Wildman–Crippen LogP) is 2.18. The molecule has 0 amide bonds. The molecule has 0 spiro atoms. The summed E-state index contributed by atoms with van der Waals surface area (Å²) in [4.78, 5) is 20.3. The third-order valence-corrected chi connectivity index (χ3v) is 3.58. The predicted molar refractivity (Wildman–Crippen MR) is 81.5 cm³/mol. The van der Waals surface area contributed by atoms with Crippen LogP contribution in [-0.2, 0) is 6.54 Å². The number of halogens is 1. The SMILES string of the molecule is Nc1nc2ccccc2cc1Cn1cncc(Br)c1=O. The van der Waals surface area contributed by atoms with Crippen LogP contribution < -0.4 is 11.3 Å². The lowest BCUT2D eigenvalue weighted by Gasteiger charge is -2.09. The second-order valence-corrected chi connectivity index (χ2v) is 5.25. The number of hydrogen-bond donors (Lipinski definition) is 1. The van der Waals surface area contributed by atoms with Crippen molar-refractivity contribution < 1.29 is 0 Å². The molecule has 0 saturated carbocycles. The van der Waals surface area contributed by atoms with Crippen molar-refractivity contribution in [3.05, 3.63) is 63.2 Å². The average molecular weight is 331 g/mol. The van der Waals surface area contributed by atoms with E-state index in [1.165, 1.54) is 17.1 Å². The van der Waals surface area contributed by atoms with Gasteiger partial charge in [0.1, 0.15) is 10.3 Å². The number of nitrogen functional groups attached to an aromatic ring is 1. The Balaban J connectivity index is 2.08. The van der Waals surface area contributed by atoms with E-state index in [1.807, 2.05) is 30.3 Å². The van der Waals surface area contributed by atoms with E-state index in [4.69, 9.17) is 5.73 Å².